The van der Waals surface area contributed by atoms with Crippen LogP contribution in [0.2, 0.25) is 0 Å². The second-order valence-corrected chi connectivity index (χ2v) is 2.63. The Balaban J connectivity index is 3.23. The predicted molar refractivity (Wildman–Crippen MR) is 46.1 cm³/mol. The van der Waals surface area contributed by atoms with Gasteiger partial charge in [-0.2, -0.15) is 0 Å². The van der Waals surface area contributed by atoms with Crippen molar-refractivity contribution >= 4 is 5.78 Å². The van der Waals surface area contributed by atoms with Crippen molar-refractivity contribution in [3.8, 4) is 17.2 Å². The van der Waals surface area contributed by atoms with E-state index in [0.717, 1.165) is 12.1 Å². The zero-order chi connectivity index (χ0) is 10.0. The molecule has 0 aliphatic heterocycles. The number of rotatable bonds is 2. The lowest BCUT2D eigenvalue weighted by Gasteiger charge is -2.04. The van der Waals surface area contributed by atoms with Crippen LogP contribution >= 0.6 is 0 Å². The number of Topliss-reactive ketones (excluding diaryl/α,β-unsaturated/α-hetero) is 1. The Kier molecular flexibility index (Phi) is 2.41. The van der Waals surface area contributed by atoms with Crippen LogP contribution in [0.5, 0.6) is 17.2 Å². The number of phenolic OH excluding ortho intramolecular Hbond substituents is 3. The lowest BCUT2D eigenvalue weighted by molar-refractivity contribution is 0.0985. The molecular weight excluding hydrogens is 172 g/mol. The first-order chi connectivity index (χ1) is 6.06. The van der Waals surface area contributed by atoms with Crippen molar-refractivity contribution in [1.82, 2.24) is 0 Å². The Hall–Kier alpha value is -1.71. The van der Waals surface area contributed by atoms with Crippen LogP contribution in [0.25, 0.3) is 0 Å². The minimum Gasteiger partial charge on any atom is -0.507 e. The van der Waals surface area contributed by atoms with Gasteiger partial charge in [-0.3, -0.25) is 4.79 Å². The van der Waals surface area contributed by atoms with Gasteiger partial charge in [0.15, 0.2) is 17.3 Å². The molecule has 0 aliphatic carbocycles. The van der Waals surface area contributed by atoms with Gasteiger partial charge < -0.3 is 15.3 Å². The van der Waals surface area contributed by atoms with Gasteiger partial charge in [0.25, 0.3) is 0 Å². The number of hydrogen-bond donors (Lipinski definition) is 3. The monoisotopic (exact) mass is 182 g/mol. The van der Waals surface area contributed by atoms with Crippen molar-refractivity contribution in [3.05, 3.63) is 17.7 Å². The third-order valence-corrected chi connectivity index (χ3v) is 1.71. The van der Waals surface area contributed by atoms with Crippen molar-refractivity contribution < 1.29 is 20.1 Å². The molecule has 1 rings (SSSR count). The highest BCUT2D eigenvalue weighted by Gasteiger charge is 2.12. The first kappa shape index (κ1) is 9.38. The Labute approximate surface area is 75.1 Å². The molecule has 13 heavy (non-hydrogen) atoms. The van der Waals surface area contributed by atoms with Crippen molar-refractivity contribution in [2.45, 2.75) is 13.3 Å². The fourth-order valence-electron chi connectivity index (χ4n) is 0.980. The van der Waals surface area contributed by atoms with Crippen LogP contribution in [0.4, 0.5) is 0 Å². The molecule has 0 atom stereocenters. The maximum atomic E-state index is 11.1. The predicted octanol–water partition coefficient (Wildman–Crippen LogP) is 1.40. The lowest BCUT2D eigenvalue weighted by atomic mass is 10.1. The number of ketones is 1. The Bertz CT molecular complexity index is 344. The first-order valence-electron chi connectivity index (χ1n) is 3.84. The molecule has 1 aromatic carbocycles. The number of benzene rings is 1. The summed E-state index contributed by atoms with van der Waals surface area (Å²) in [5.74, 6) is -1.45. The normalized spacial score (nSPS) is 9.92. The maximum Gasteiger partial charge on any atom is 0.166 e. The standard InChI is InChI=1S/C9H10O4/c1-2-6(10)5-3-8(12)9(13)4-7(5)11/h3-4,11-13H,2H2,1H3. The highest BCUT2D eigenvalue weighted by atomic mass is 16.3. The summed E-state index contributed by atoms with van der Waals surface area (Å²) in [4.78, 5) is 11.1. The smallest absolute Gasteiger partial charge is 0.166 e. The van der Waals surface area contributed by atoms with Crippen LogP contribution in [0.15, 0.2) is 12.1 Å². The minimum absolute atomic E-state index is 0.0257. The van der Waals surface area contributed by atoms with Gasteiger partial charge in [-0.05, 0) is 6.07 Å². The second-order valence-electron chi connectivity index (χ2n) is 2.63. The fraction of sp³-hybridized carbons (Fsp3) is 0.222. The molecule has 0 unspecified atom stereocenters. The largest absolute Gasteiger partial charge is 0.507 e. The molecule has 0 radical (unpaired) electrons. The summed E-state index contributed by atoms with van der Waals surface area (Å²) in [5, 5.41) is 27.2. The molecule has 4 nitrogen and oxygen atoms in total. The van der Waals surface area contributed by atoms with E-state index in [0.29, 0.717) is 0 Å². The van der Waals surface area contributed by atoms with Gasteiger partial charge >= 0.3 is 0 Å². The van der Waals surface area contributed by atoms with Gasteiger partial charge in [0.05, 0.1) is 5.56 Å². The first-order valence-corrected chi connectivity index (χ1v) is 3.84. The van der Waals surface area contributed by atoms with E-state index in [9.17, 15) is 9.90 Å². The average Bonchev–Trinajstić information content (AvgIpc) is 2.10. The van der Waals surface area contributed by atoms with E-state index in [1.165, 1.54) is 0 Å². The maximum absolute atomic E-state index is 11.1. The van der Waals surface area contributed by atoms with Gasteiger partial charge in [0, 0.05) is 12.5 Å². The van der Waals surface area contributed by atoms with Gasteiger partial charge in [-0.1, -0.05) is 6.92 Å². The van der Waals surface area contributed by atoms with Crippen LogP contribution in [0.1, 0.15) is 23.7 Å². The molecule has 3 N–H and O–H groups in total. The molecule has 0 saturated heterocycles. The quantitative estimate of drug-likeness (QED) is 0.367. The summed E-state index contributed by atoms with van der Waals surface area (Å²) in [6.07, 6.45) is 0.234. The van der Waals surface area contributed by atoms with Crippen LogP contribution in [-0.4, -0.2) is 21.1 Å². The second kappa shape index (κ2) is 3.35. The van der Waals surface area contributed by atoms with Crippen molar-refractivity contribution in [3.63, 3.8) is 0 Å². The van der Waals surface area contributed by atoms with Crippen molar-refractivity contribution in [1.29, 1.82) is 0 Å². The van der Waals surface area contributed by atoms with Crippen LogP contribution < -0.4 is 0 Å². The van der Waals surface area contributed by atoms with Crippen LogP contribution in [-0.2, 0) is 0 Å². The Morgan fingerprint density at radius 1 is 1.15 bits per heavy atom. The number of phenols is 3. The van der Waals surface area contributed by atoms with Gasteiger partial charge in [0.1, 0.15) is 5.75 Å². The van der Waals surface area contributed by atoms with E-state index in [2.05, 4.69) is 0 Å². The summed E-state index contributed by atoms with van der Waals surface area (Å²) >= 11 is 0. The number of hydrogen-bond acceptors (Lipinski definition) is 4. The van der Waals surface area contributed by atoms with E-state index in [-0.39, 0.29) is 23.5 Å². The zero-order valence-electron chi connectivity index (χ0n) is 7.11. The molecule has 0 spiro atoms. The molecular formula is C9H10O4. The van der Waals surface area contributed by atoms with Gasteiger partial charge in [-0.15, -0.1) is 0 Å². The summed E-state index contributed by atoms with van der Waals surface area (Å²) in [5.41, 5.74) is 0.0257. The summed E-state index contributed by atoms with van der Waals surface area (Å²) < 4.78 is 0. The molecule has 0 amide bonds. The fourth-order valence-corrected chi connectivity index (χ4v) is 0.980. The Morgan fingerprint density at radius 3 is 2.23 bits per heavy atom. The summed E-state index contributed by atoms with van der Waals surface area (Å²) in [6, 6.07) is 1.99. The van der Waals surface area contributed by atoms with Crippen molar-refractivity contribution in [2.75, 3.05) is 0 Å². The highest BCUT2D eigenvalue weighted by Crippen LogP contribution is 2.32. The van der Waals surface area contributed by atoms with Crippen molar-refractivity contribution in [2.24, 2.45) is 0 Å². The minimum atomic E-state index is -0.440. The molecule has 0 saturated carbocycles. The number of carbonyl (C=O) groups excluding carboxylic acids is 1. The lowest BCUT2D eigenvalue weighted by Crippen LogP contribution is -1.96. The van der Waals surface area contributed by atoms with Crippen LogP contribution in [0, 0.1) is 0 Å². The van der Waals surface area contributed by atoms with Gasteiger partial charge in [-0.25, -0.2) is 0 Å². The molecule has 0 heterocycles. The number of aromatic hydroxyl groups is 3. The zero-order valence-corrected chi connectivity index (χ0v) is 7.11. The third kappa shape index (κ3) is 1.72. The van der Waals surface area contributed by atoms with E-state index >= 15 is 0 Å². The molecule has 0 aliphatic rings. The SMILES string of the molecule is CCC(=O)c1cc(O)c(O)cc1O. The average molecular weight is 182 g/mol. The Morgan fingerprint density at radius 2 is 1.69 bits per heavy atom. The molecule has 4 heteroatoms. The molecule has 70 valence electrons. The van der Waals surface area contributed by atoms with E-state index < -0.39 is 11.5 Å². The molecule has 0 bridgehead atoms. The van der Waals surface area contributed by atoms with E-state index in [1.807, 2.05) is 0 Å². The summed E-state index contributed by atoms with van der Waals surface area (Å²) in [7, 11) is 0. The molecule has 1 aromatic rings. The van der Waals surface area contributed by atoms with E-state index in [4.69, 9.17) is 10.2 Å². The molecule has 0 fully saturated rings. The van der Waals surface area contributed by atoms with Gasteiger partial charge in [0.2, 0.25) is 0 Å². The topological polar surface area (TPSA) is 77.8 Å². The number of carbonyl (C=O) groups is 1. The van der Waals surface area contributed by atoms with E-state index in [1.54, 1.807) is 6.92 Å². The summed E-state index contributed by atoms with van der Waals surface area (Å²) in [6.45, 7) is 1.64. The van der Waals surface area contributed by atoms with Crippen LogP contribution in [0.3, 0.4) is 0 Å². The molecule has 0 aromatic heterocycles. The third-order valence-electron chi connectivity index (χ3n) is 1.71. The highest BCUT2D eigenvalue weighted by molar-refractivity contribution is 5.99.